The van der Waals surface area contributed by atoms with Gasteiger partial charge in [0.05, 0.1) is 6.42 Å². The normalized spacial score (nSPS) is 14.5. The molecule has 0 bridgehead atoms. The van der Waals surface area contributed by atoms with Crippen molar-refractivity contribution in [3.05, 3.63) is 94.5 Å². The molecule has 0 aromatic heterocycles. The smallest absolute Gasteiger partial charge is 0.331 e. The zero-order valence-electron chi connectivity index (χ0n) is 16.0. The van der Waals surface area contributed by atoms with Crippen molar-refractivity contribution in [3.8, 4) is 11.1 Å². The molecule has 0 saturated heterocycles. The number of benzene rings is 3. The number of carbonyl (C=O) groups is 2. The number of hydrogen-bond acceptors (Lipinski definition) is 4. The van der Waals surface area contributed by atoms with Crippen LogP contribution in [0.2, 0.25) is 5.02 Å². The highest BCUT2D eigenvalue weighted by molar-refractivity contribution is 6.30. The molecule has 1 aliphatic rings. The number of aliphatic carboxylic acids is 1. The molecule has 0 unspecified atom stereocenters. The second-order valence-corrected chi connectivity index (χ2v) is 7.81. The highest BCUT2D eigenvalue weighted by Gasteiger charge is 2.41. The maximum absolute atomic E-state index is 13.0. The Morgan fingerprint density at radius 2 is 1.47 bits per heavy atom. The fourth-order valence-corrected chi connectivity index (χ4v) is 4.13. The van der Waals surface area contributed by atoms with Gasteiger partial charge in [0.2, 0.25) is 0 Å². The predicted octanol–water partition coefficient (Wildman–Crippen LogP) is 4.32. The second-order valence-electron chi connectivity index (χ2n) is 7.37. The van der Waals surface area contributed by atoms with Gasteiger partial charge in [-0.1, -0.05) is 72.3 Å². The Morgan fingerprint density at radius 3 is 2.00 bits per heavy atom. The number of halogens is 1. The molecule has 3 aromatic rings. The summed E-state index contributed by atoms with van der Waals surface area (Å²) in [4.78, 5) is 24.5. The van der Waals surface area contributed by atoms with E-state index in [4.69, 9.17) is 22.1 Å². The minimum Gasteiger partial charge on any atom is -0.481 e. The Morgan fingerprint density at radius 1 is 0.933 bits per heavy atom. The molecule has 30 heavy (non-hydrogen) atoms. The van der Waals surface area contributed by atoms with Gasteiger partial charge in [0.1, 0.15) is 6.61 Å². The first kappa shape index (κ1) is 20.1. The largest absolute Gasteiger partial charge is 0.481 e. The van der Waals surface area contributed by atoms with Crippen LogP contribution in [0.4, 0.5) is 0 Å². The summed E-state index contributed by atoms with van der Waals surface area (Å²) in [5.41, 5.74) is 9.17. The number of nitrogens with two attached hydrogens (primary N) is 1. The summed E-state index contributed by atoms with van der Waals surface area (Å²) in [7, 11) is 0. The molecule has 5 nitrogen and oxygen atoms in total. The molecular formula is C24H20ClNO4. The van der Waals surface area contributed by atoms with Gasteiger partial charge in [0.25, 0.3) is 0 Å². The first-order chi connectivity index (χ1) is 14.4. The number of ether oxygens (including phenoxy) is 1. The Labute approximate surface area is 179 Å². The van der Waals surface area contributed by atoms with E-state index in [1.165, 1.54) is 0 Å². The van der Waals surface area contributed by atoms with Crippen molar-refractivity contribution in [3.63, 3.8) is 0 Å². The molecule has 3 N–H and O–H groups in total. The first-order valence-corrected chi connectivity index (χ1v) is 9.90. The lowest BCUT2D eigenvalue weighted by atomic mass is 9.87. The minimum absolute atomic E-state index is 0.0685. The van der Waals surface area contributed by atoms with Gasteiger partial charge in [-0.15, -0.1) is 0 Å². The van der Waals surface area contributed by atoms with Crippen LogP contribution in [0.1, 0.15) is 29.0 Å². The molecule has 0 heterocycles. The molecule has 4 rings (SSSR count). The zero-order valence-corrected chi connectivity index (χ0v) is 16.8. The summed E-state index contributed by atoms with van der Waals surface area (Å²) in [6, 6.07) is 22.2. The fourth-order valence-electron chi connectivity index (χ4n) is 4.01. The summed E-state index contributed by atoms with van der Waals surface area (Å²) in [5, 5.41) is 9.80. The van der Waals surface area contributed by atoms with E-state index in [9.17, 15) is 14.7 Å². The molecule has 0 saturated carbocycles. The third-order valence-corrected chi connectivity index (χ3v) is 5.75. The number of carboxylic acids is 1. The van der Waals surface area contributed by atoms with Gasteiger partial charge in [-0.3, -0.25) is 4.79 Å². The van der Waals surface area contributed by atoms with Crippen LogP contribution in [-0.2, 0) is 19.9 Å². The SMILES string of the molecule is N[C@](CC(=O)O)(C(=O)OCC1c2ccccc2-c2ccccc21)c1ccc(Cl)cc1. The number of carbonyl (C=O) groups excluding carboxylic acids is 1. The van der Waals surface area contributed by atoms with Crippen LogP contribution in [0.25, 0.3) is 11.1 Å². The molecule has 1 aliphatic carbocycles. The summed E-state index contributed by atoms with van der Waals surface area (Å²) in [5.74, 6) is -2.12. The van der Waals surface area contributed by atoms with Gasteiger partial charge in [-0.2, -0.15) is 0 Å². The van der Waals surface area contributed by atoms with Gasteiger partial charge >= 0.3 is 11.9 Å². The van der Waals surface area contributed by atoms with Gasteiger partial charge in [-0.05, 0) is 39.9 Å². The van der Waals surface area contributed by atoms with E-state index in [1.807, 2.05) is 48.5 Å². The van der Waals surface area contributed by atoms with Gasteiger partial charge in [0, 0.05) is 10.9 Å². The summed E-state index contributed by atoms with van der Waals surface area (Å²) >= 11 is 5.92. The van der Waals surface area contributed by atoms with E-state index in [-0.39, 0.29) is 12.5 Å². The molecule has 0 fully saturated rings. The van der Waals surface area contributed by atoms with Gasteiger partial charge < -0.3 is 15.6 Å². The van der Waals surface area contributed by atoms with Crippen LogP contribution in [-0.4, -0.2) is 23.7 Å². The van der Waals surface area contributed by atoms with Crippen molar-refractivity contribution in [2.24, 2.45) is 5.73 Å². The molecular weight excluding hydrogens is 402 g/mol. The highest BCUT2D eigenvalue weighted by atomic mass is 35.5. The van der Waals surface area contributed by atoms with E-state index >= 15 is 0 Å². The summed E-state index contributed by atoms with van der Waals surface area (Å²) in [6.45, 7) is 0.0685. The lowest BCUT2D eigenvalue weighted by molar-refractivity contribution is -0.155. The van der Waals surface area contributed by atoms with Crippen molar-refractivity contribution in [2.45, 2.75) is 17.9 Å². The average molecular weight is 422 g/mol. The standard InChI is InChI=1S/C24H20ClNO4/c25-16-11-9-15(10-12-16)24(26,13-22(27)28)23(29)30-14-21-19-7-3-1-5-17(19)18-6-2-4-8-20(18)21/h1-12,21H,13-14,26H2,(H,27,28)/t24-/m0/s1. The van der Waals surface area contributed by atoms with Crippen molar-refractivity contribution >= 4 is 23.5 Å². The molecule has 152 valence electrons. The highest BCUT2D eigenvalue weighted by Crippen LogP contribution is 2.44. The van der Waals surface area contributed by atoms with Crippen molar-refractivity contribution in [2.75, 3.05) is 6.61 Å². The number of hydrogen-bond donors (Lipinski definition) is 2. The molecule has 6 heteroatoms. The average Bonchev–Trinajstić information content (AvgIpc) is 3.05. The topological polar surface area (TPSA) is 89.6 Å². The lowest BCUT2D eigenvalue weighted by Crippen LogP contribution is -2.48. The maximum Gasteiger partial charge on any atom is 0.331 e. The van der Waals surface area contributed by atoms with Crippen LogP contribution in [0.15, 0.2) is 72.8 Å². The third kappa shape index (κ3) is 3.58. The van der Waals surface area contributed by atoms with E-state index in [0.29, 0.717) is 10.6 Å². The van der Waals surface area contributed by atoms with E-state index in [0.717, 1.165) is 22.3 Å². The molecule has 3 aromatic carbocycles. The predicted molar refractivity (Wildman–Crippen MR) is 114 cm³/mol. The Hall–Kier alpha value is -3.15. The third-order valence-electron chi connectivity index (χ3n) is 5.50. The van der Waals surface area contributed by atoms with E-state index in [2.05, 4.69) is 0 Å². The lowest BCUT2D eigenvalue weighted by Gasteiger charge is -2.27. The van der Waals surface area contributed by atoms with Crippen LogP contribution >= 0.6 is 11.6 Å². The zero-order chi connectivity index (χ0) is 21.3. The van der Waals surface area contributed by atoms with Crippen LogP contribution in [0, 0.1) is 0 Å². The van der Waals surface area contributed by atoms with Crippen molar-refractivity contribution in [1.82, 2.24) is 0 Å². The fraction of sp³-hybridized carbons (Fsp3) is 0.167. The van der Waals surface area contributed by atoms with Gasteiger partial charge in [0.15, 0.2) is 5.54 Å². The number of fused-ring (bicyclic) bond motifs is 3. The van der Waals surface area contributed by atoms with Crippen LogP contribution in [0.3, 0.4) is 0 Å². The van der Waals surface area contributed by atoms with Crippen molar-refractivity contribution in [1.29, 1.82) is 0 Å². The Kier molecular flexibility index (Phi) is 5.33. The number of esters is 1. The minimum atomic E-state index is -1.81. The quantitative estimate of drug-likeness (QED) is 0.578. The molecule has 0 radical (unpaired) electrons. The van der Waals surface area contributed by atoms with E-state index < -0.39 is 23.9 Å². The van der Waals surface area contributed by atoms with Crippen LogP contribution in [0.5, 0.6) is 0 Å². The monoisotopic (exact) mass is 421 g/mol. The summed E-state index contributed by atoms with van der Waals surface area (Å²) < 4.78 is 5.63. The molecule has 0 amide bonds. The maximum atomic E-state index is 13.0. The van der Waals surface area contributed by atoms with Gasteiger partial charge in [-0.25, -0.2) is 4.79 Å². The molecule has 1 atom stereocenters. The molecule has 0 aliphatic heterocycles. The molecule has 0 spiro atoms. The number of carboxylic acid groups (broad SMARTS) is 1. The number of rotatable bonds is 6. The Bertz CT molecular complexity index is 1070. The second kappa shape index (κ2) is 7.94. The van der Waals surface area contributed by atoms with Crippen LogP contribution < -0.4 is 5.73 Å². The Balaban J connectivity index is 1.61. The summed E-state index contributed by atoms with van der Waals surface area (Å²) in [6.07, 6.45) is -0.592. The van der Waals surface area contributed by atoms with Crippen molar-refractivity contribution < 1.29 is 19.4 Å². The van der Waals surface area contributed by atoms with E-state index in [1.54, 1.807) is 24.3 Å². The first-order valence-electron chi connectivity index (χ1n) is 9.52.